The van der Waals surface area contributed by atoms with E-state index in [0.29, 0.717) is 22.2 Å². The molecule has 5 aromatic rings. The van der Waals surface area contributed by atoms with E-state index in [-0.39, 0.29) is 11.9 Å². The Bertz CT molecular complexity index is 1420. The Morgan fingerprint density at radius 3 is 2.29 bits per heavy atom. The van der Waals surface area contributed by atoms with Gasteiger partial charge >= 0.3 is 0 Å². The number of anilines is 3. The molecule has 35 heavy (non-hydrogen) atoms. The summed E-state index contributed by atoms with van der Waals surface area (Å²) in [5, 5.41) is 18.0. The molecule has 2 aromatic heterocycles. The molecule has 0 unspecified atom stereocenters. The van der Waals surface area contributed by atoms with Gasteiger partial charge in [0.15, 0.2) is 5.13 Å². The molecule has 174 valence electrons. The van der Waals surface area contributed by atoms with E-state index in [0.717, 1.165) is 26.8 Å². The second-order valence-corrected chi connectivity index (χ2v) is 9.34. The maximum atomic E-state index is 12.4. The maximum absolute atomic E-state index is 12.4. The second kappa shape index (κ2) is 10.2. The van der Waals surface area contributed by atoms with E-state index in [1.54, 1.807) is 23.5 Å². The van der Waals surface area contributed by atoms with Crippen LogP contribution in [0.4, 0.5) is 16.8 Å². The zero-order valence-corrected chi connectivity index (χ0v) is 20.3. The molecule has 0 fully saturated rings. The largest absolute Gasteiger partial charge is 0.313 e. The number of amides is 1. The molecule has 0 spiro atoms. The molecule has 0 aliphatic rings. The SMILES string of the molecule is O=C(Nc1nn[nH]n1)c1ccc(CN(c2ccc(Cl)cc2)c2ncc(-c3ccc(Cl)cc3)s2)cc1. The molecule has 5 rings (SSSR count). The predicted octanol–water partition coefficient (Wildman–Crippen LogP) is 6.22. The van der Waals surface area contributed by atoms with Crippen molar-refractivity contribution in [2.24, 2.45) is 0 Å². The Balaban J connectivity index is 1.40. The van der Waals surface area contributed by atoms with Crippen LogP contribution in [-0.4, -0.2) is 31.5 Å². The minimum absolute atomic E-state index is 0.119. The highest BCUT2D eigenvalue weighted by Crippen LogP contribution is 2.36. The first kappa shape index (κ1) is 23.0. The summed E-state index contributed by atoms with van der Waals surface area (Å²) >= 11 is 13.7. The van der Waals surface area contributed by atoms with Crippen LogP contribution in [0.5, 0.6) is 0 Å². The number of aromatic nitrogens is 5. The molecule has 0 atom stereocenters. The zero-order valence-electron chi connectivity index (χ0n) is 18.0. The van der Waals surface area contributed by atoms with E-state index in [1.807, 2.05) is 66.9 Å². The van der Waals surface area contributed by atoms with Crippen molar-refractivity contribution in [1.29, 1.82) is 0 Å². The highest BCUT2D eigenvalue weighted by atomic mass is 35.5. The molecule has 0 radical (unpaired) electrons. The summed E-state index contributed by atoms with van der Waals surface area (Å²) in [7, 11) is 0. The van der Waals surface area contributed by atoms with Crippen LogP contribution in [0.1, 0.15) is 15.9 Å². The zero-order chi connectivity index (χ0) is 24.2. The van der Waals surface area contributed by atoms with Crippen molar-refractivity contribution in [2.75, 3.05) is 10.2 Å². The van der Waals surface area contributed by atoms with Gasteiger partial charge in [0, 0.05) is 27.5 Å². The van der Waals surface area contributed by atoms with Crippen LogP contribution in [0.2, 0.25) is 10.0 Å². The fraction of sp³-hybridized carbons (Fsp3) is 0.0417. The van der Waals surface area contributed by atoms with Crippen molar-refractivity contribution < 1.29 is 4.79 Å². The summed E-state index contributed by atoms with van der Waals surface area (Å²) in [5.74, 6) is -0.201. The average Bonchev–Trinajstić information content (AvgIpc) is 3.57. The molecule has 3 aromatic carbocycles. The number of carbonyl (C=O) groups excluding carboxylic acids is 1. The average molecular weight is 522 g/mol. The fourth-order valence-corrected chi connectivity index (χ4v) is 4.55. The molecule has 0 saturated carbocycles. The molecule has 2 heterocycles. The highest BCUT2D eigenvalue weighted by Gasteiger charge is 2.16. The van der Waals surface area contributed by atoms with Gasteiger partial charge in [-0.3, -0.25) is 10.1 Å². The summed E-state index contributed by atoms with van der Waals surface area (Å²) in [6, 6.07) is 22.6. The van der Waals surface area contributed by atoms with Crippen molar-refractivity contribution in [3.05, 3.63) is 100 Å². The Morgan fingerprint density at radius 1 is 0.943 bits per heavy atom. The first-order valence-corrected chi connectivity index (χ1v) is 12.0. The van der Waals surface area contributed by atoms with Crippen molar-refractivity contribution in [3.63, 3.8) is 0 Å². The molecular weight excluding hydrogens is 505 g/mol. The van der Waals surface area contributed by atoms with E-state index in [4.69, 9.17) is 23.2 Å². The summed E-state index contributed by atoms with van der Waals surface area (Å²) in [6.07, 6.45) is 1.86. The molecular formula is C24H17Cl2N7OS. The number of benzene rings is 3. The second-order valence-electron chi connectivity index (χ2n) is 7.46. The lowest BCUT2D eigenvalue weighted by molar-refractivity contribution is 0.102. The van der Waals surface area contributed by atoms with Crippen LogP contribution in [-0.2, 0) is 6.54 Å². The fourth-order valence-electron chi connectivity index (χ4n) is 3.36. The Morgan fingerprint density at radius 2 is 1.63 bits per heavy atom. The topological polar surface area (TPSA) is 99.7 Å². The lowest BCUT2D eigenvalue weighted by Gasteiger charge is -2.22. The number of rotatable bonds is 7. The summed E-state index contributed by atoms with van der Waals surface area (Å²) in [4.78, 5) is 20.2. The summed E-state index contributed by atoms with van der Waals surface area (Å²) < 4.78 is 0. The van der Waals surface area contributed by atoms with Crippen molar-refractivity contribution in [2.45, 2.75) is 6.54 Å². The first-order chi connectivity index (χ1) is 17.0. The number of hydrogen-bond donors (Lipinski definition) is 2. The molecule has 0 saturated heterocycles. The normalized spacial score (nSPS) is 10.8. The Kier molecular flexibility index (Phi) is 6.71. The lowest BCUT2D eigenvalue weighted by atomic mass is 10.1. The number of aromatic amines is 1. The molecule has 0 aliphatic heterocycles. The van der Waals surface area contributed by atoms with Crippen molar-refractivity contribution in [3.8, 4) is 10.4 Å². The van der Waals surface area contributed by atoms with Crippen molar-refractivity contribution in [1.82, 2.24) is 25.6 Å². The van der Waals surface area contributed by atoms with Gasteiger partial charge in [0.2, 0.25) is 0 Å². The molecule has 0 aliphatic carbocycles. The highest BCUT2D eigenvalue weighted by molar-refractivity contribution is 7.19. The molecule has 2 N–H and O–H groups in total. The minimum Gasteiger partial charge on any atom is -0.313 e. The number of halogens is 2. The number of nitrogens with zero attached hydrogens (tertiary/aromatic N) is 5. The summed E-state index contributed by atoms with van der Waals surface area (Å²) in [5.41, 5.74) is 3.48. The van der Waals surface area contributed by atoms with Gasteiger partial charge in [-0.1, -0.05) is 63.9 Å². The third-order valence-corrected chi connectivity index (χ3v) is 6.69. The van der Waals surface area contributed by atoms with Crippen LogP contribution in [0, 0.1) is 0 Å². The molecule has 0 bridgehead atoms. The van der Waals surface area contributed by atoms with Gasteiger partial charge < -0.3 is 4.90 Å². The van der Waals surface area contributed by atoms with E-state index in [9.17, 15) is 4.79 Å². The Labute approximate surface area is 214 Å². The standard InChI is InChI=1S/C24H17Cl2N7OS/c25-18-7-5-16(6-8-18)21-13-27-24(35-21)33(20-11-9-19(26)10-12-20)14-15-1-3-17(4-2-15)22(34)28-23-29-31-32-30-23/h1-13H,14H2,(H2,28,29,30,31,32,34). The number of H-pyrrole nitrogens is 1. The van der Waals surface area contributed by atoms with Gasteiger partial charge in [0.05, 0.1) is 11.4 Å². The van der Waals surface area contributed by atoms with Gasteiger partial charge in [0.25, 0.3) is 11.9 Å². The van der Waals surface area contributed by atoms with Gasteiger partial charge in [-0.2, -0.15) is 5.21 Å². The van der Waals surface area contributed by atoms with E-state index >= 15 is 0 Å². The van der Waals surface area contributed by atoms with Gasteiger partial charge in [-0.15, -0.1) is 5.10 Å². The minimum atomic E-state index is -0.319. The smallest absolute Gasteiger partial charge is 0.270 e. The van der Waals surface area contributed by atoms with Gasteiger partial charge in [-0.25, -0.2) is 4.98 Å². The monoisotopic (exact) mass is 521 g/mol. The van der Waals surface area contributed by atoms with E-state index in [1.165, 1.54) is 0 Å². The number of hydrogen-bond acceptors (Lipinski definition) is 7. The predicted molar refractivity (Wildman–Crippen MR) is 138 cm³/mol. The van der Waals surface area contributed by atoms with E-state index < -0.39 is 0 Å². The first-order valence-electron chi connectivity index (χ1n) is 10.4. The number of tetrazole rings is 1. The number of nitrogens with one attached hydrogen (secondary N) is 2. The van der Waals surface area contributed by atoms with Crippen LogP contribution < -0.4 is 10.2 Å². The van der Waals surface area contributed by atoms with Gasteiger partial charge in [-0.05, 0) is 64.9 Å². The van der Waals surface area contributed by atoms with Crippen LogP contribution in [0.25, 0.3) is 10.4 Å². The third-order valence-electron chi connectivity index (χ3n) is 5.12. The maximum Gasteiger partial charge on any atom is 0.270 e. The lowest BCUT2D eigenvalue weighted by Crippen LogP contribution is -2.17. The Hall–Kier alpha value is -3.79. The van der Waals surface area contributed by atoms with Crippen LogP contribution in [0.15, 0.2) is 79.0 Å². The van der Waals surface area contributed by atoms with Gasteiger partial charge in [0.1, 0.15) is 0 Å². The van der Waals surface area contributed by atoms with Crippen LogP contribution >= 0.6 is 34.5 Å². The molecule has 11 heteroatoms. The summed E-state index contributed by atoms with van der Waals surface area (Å²) in [6.45, 7) is 0.544. The molecule has 1 amide bonds. The van der Waals surface area contributed by atoms with E-state index in [2.05, 4.69) is 35.8 Å². The quantitative estimate of drug-likeness (QED) is 0.263. The number of carbonyl (C=O) groups is 1. The number of thiazole rings is 1. The third kappa shape index (κ3) is 5.48. The van der Waals surface area contributed by atoms with Crippen LogP contribution in [0.3, 0.4) is 0 Å². The van der Waals surface area contributed by atoms with Crippen molar-refractivity contribution >= 4 is 57.2 Å². The molecule has 8 nitrogen and oxygen atoms in total.